The number of anilines is 1. The molecule has 0 radical (unpaired) electrons. The van der Waals surface area contributed by atoms with Gasteiger partial charge < -0.3 is 14.5 Å². The van der Waals surface area contributed by atoms with Crippen molar-refractivity contribution in [1.82, 2.24) is 4.90 Å². The number of carbonyl (C=O) groups is 3. The SMILES string of the molecule is C[C@@H](OC(=O)C1CCN(C(=O)c2ccc(F)cc2F)CC1)C(=O)N1CCCc2ccccc21. The normalized spacial score (nSPS) is 17.3. The number of amides is 2. The summed E-state index contributed by atoms with van der Waals surface area (Å²) in [5.41, 5.74) is 1.76. The number of likely N-dealkylation sites (tertiary alicyclic amines) is 1. The Balaban J connectivity index is 1.32. The number of aryl methyl sites for hydroxylation is 1. The highest BCUT2D eigenvalue weighted by Crippen LogP contribution is 2.28. The van der Waals surface area contributed by atoms with Crippen molar-refractivity contribution in [2.45, 2.75) is 38.7 Å². The van der Waals surface area contributed by atoms with Gasteiger partial charge in [-0.15, -0.1) is 0 Å². The van der Waals surface area contributed by atoms with Gasteiger partial charge in [-0.05, 0) is 56.4 Å². The molecule has 0 spiro atoms. The first kappa shape index (κ1) is 22.9. The summed E-state index contributed by atoms with van der Waals surface area (Å²) in [4.78, 5) is 41.3. The van der Waals surface area contributed by atoms with E-state index in [-0.39, 0.29) is 24.6 Å². The maximum atomic E-state index is 13.9. The van der Waals surface area contributed by atoms with E-state index in [1.807, 2.05) is 24.3 Å². The minimum atomic E-state index is -0.920. The molecule has 8 heteroatoms. The highest BCUT2D eigenvalue weighted by Gasteiger charge is 2.33. The molecular formula is C25H26F2N2O4. The van der Waals surface area contributed by atoms with Crippen LogP contribution in [0, 0.1) is 17.6 Å². The Hall–Kier alpha value is -3.29. The molecule has 4 rings (SSSR count). The van der Waals surface area contributed by atoms with E-state index in [2.05, 4.69) is 0 Å². The van der Waals surface area contributed by atoms with Crippen molar-refractivity contribution >= 4 is 23.5 Å². The molecular weight excluding hydrogens is 430 g/mol. The number of fused-ring (bicyclic) bond motifs is 1. The van der Waals surface area contributed by atoms with Crippen molar-refractivity contribution in [3.05, 3.63) is 65.2 Å². The molecule has 174 valence electrons. The molecule has 2 aliphatic rings. The van der Waals surface area contributed by atoms with Crippen LogP contribution in [0.2, 0.25) is 0 Å². The van der Waals surface area contributed by atoms with Crippen LogP contribution < -0.4 is 4.90 Å². The molecule has 0 unspecified atom stereocenters. The molecule has 2 amide bonds. The Morgan fingerprint density at radius 3 is 2.48 bits per heavy atom. The van der Waals surface area contributed by atoms with E-state index in [4.69, 9.17) is 4.74 Å². The fraction of sp³-hybridized carbons (Fsp3) is 0.400. The van der Waals surface area contributed by atoms with E-state index >= 15 is 0 Å². The number of hydrogen-bond donors (Lipinski definition) is 0. The van der Waals surface area contributed by atoms with E-state index in [0.29, 0.717) is 25.5 Å². The van der Waals surface area contributed by atoms with Gasteiger partial charge in [0.25, 0.3) is 11.8 Å². The van der Waals surface area contributed by atoms with Crippen LogP contribution in [0.1, 0.15) is 42.1 Å². The summed E-state index contributed by atoms with van der Waals surface area (Å²) in [7, 11) is 0. The van der Waals surface area contributed by atoms with Crippen LogP contribution >= 0.6 is 0 Å². The first-order valence-electron chi connectivity index (χ1n) is 11.2. The van der Waals surface area contributed by atoms with Crippen LogP contribution in [0.15, 0.2) is 42.5 Å². The number of piperidine rings is 1. The highest BCUT2D eigenvalue weighted by atomic mass is 19.1. The topological polar surface area (TPSA) is 66.9 Å². The largest absolute Gasteiger partial charge is 0.452 e. The number of hydrogen-bond acceptors (Lipinski definition) is 4. The third-order valence-corrected chi connectivity index (χ3v) is 6.29. The second kappa shape index (κ2) is 9.68. The van der Waals surface area contributed by atoms with E-state index < -0.39 is 35.5 Å². The Labute approximate surface area is 191 Å². The van der Waals surface area contributed by atoms with Crippen molar-refractivity contribution in [2.24, 2.45) is 5.92 Å². The van der Waals surface area contributed by atoms with Crippen LogP contribution in [0.4, 0.5) is 14.5 Å². The number of para-hydroxylation sites is 1. The molecule has 0 saturated carbocycles. The van der Waals surface area contributed by atoms with Gasteiger partial charge in [-0.3, -0.25) is 14.4 Å². The predicted molar refractivity (Wildman–Crippen MR) is 118 cm³/mol. The number of benzene rings is 2. The first-order chi connectivity index (χ1) is 15.8. The molecule has 0 N–H and O–H groups in total. The smallest absolute Gasteiger partial charge is 0.309 e. The molecule has 1 atom stereocenters. The molecule has 1 saturated heterocycles. The van der Waals surface area contributed by atoms with Crippen LogP contribution in [0.25, 0.3) is 0 Å². The summed E-state index contributed by atoms with van der Waals surface area (Å²) in [5, 5.41) is 0. The lowest BCUT2D eigenvalue weighted by Crippen LogP contribution is -2.45. The number of rotatable bonds is 4. The summed E-state index contributed by atoms with van der Waals surface area (Å²) >= 11 is 0. The van der Waals surface area contributed by atoms with Gasteiger partial charge in [0.1, 0.15) is 11.6 Å². The minimum absolute atomic E-state index is 0.196. The Bertz CT molecular complexity index is 1070. The Morgan fingerprint density at radius 2 is 1.76 bits per heavy atom. The number of esters is 1. The quantitative estimate of drug-likeness (QED) is 0.658. The fourth-order valence-electron chi connectivity index (χ4n) is 4.45. The van der Waals surface area contributed by atoms with E-state index in [1.165, 1.54) is 4.90 Å². The molecule has 0 aromatic heterocycles. The molecule has 33 heavy (non-hydrogen) atoms. The molecule has 2 heterocycles. The molecule has 2 aliphatic heterocycles. The van der Waals surface area contributed by atoms with Gasteiger partial charge in [0.2, 0.25) is 0 Å². The van der Waals surface area contributed by atoms with Gasteiger partial charge in [-0.2, -0.15) is 0 Å². The van der Waals surface area contributed by atoms with Gasteiger partial charge in [0.15, 0.2) is 6.10 Å². The van der Waals surface area contributed by atoms with E-state index in [1.54, 1.807) is 11.8 Å². The number of halogens is 2. The third kappa shape index (κ3) is 4.89. The second-order valence-electron chi connectivity index (χ2n) is 8.49. The maximum absolute atomic E-state index is 13.9. The summed E-state index contributed by atoms with van der Waals surface area (Å²) in [6.45, 7) is 2.65. The van der Waals surface area contributed by atoms with E-state index in [0.717, 1.165) is 36.2 Å². The molecule has 6 nitrogen and oxygen atoms in total. The summed E-state index contributed by atoms with van der Waals surface area (Å²) in [6.07, 6.45) is 1.54. The lowest BCUT2D eigenvalue weighted by molar-refractivity contribution is -0.159. The third-order valence-electron chi connectivity index (χ3n) is 6.29. The minimum Gasteiger partial charge on any atom is -0.452 e. The van der Waals surface area contributed by atoms with Gasteiger partial charge in [-0.1, -0.05) is 18.2 Å². The van der Waals surface area contributed by atoms with E-state index in [9.17, 15) is 23.2 Å². The van der Waals surface area contributed by atoms with Crippen LogP contribution in [-0.2, 0) is 20.7 Å². The molecule has 2 aromatic rings. The second-order valence-corrected chi connectivity index (χ2v) is 8.49. The predicted octanol–water partition coefficient (Wildman–Crippen LogP) is 3.73. The zero-order chi connectivity index (χ0) is 23.5. The highest BCUT2D eigenvalue weighted by molar-refractivity contribution is 5.98. The van der Waals surface area contributed by atoms with Gasteiger partial charge in [0.05, 0.1) is 11.5 Å². The van der Waals surface area contributed by atoms with Crippen LogP contribution in [0.3, 0.4) is 0 Å². The lowest BCUT2D eigenvalue weighted by Gasteiger charge is -2.33. The van der Waals surface area contributed by atoms with Crippen molar-refractivity contribution in [1.29, 1.82) is 0 Å². The molecule has 0 aliphatic carbocycles. The van der Waals surface area contributed by atoms with Crippen molar-refractivity contribution < 1.29 is 27.9 Å². The van der Waals surface area contributed by atoms with Gasteiger partial charge in [0, 0.05) is 31.4 Å². The van der Waals surface area contributed by atoms with Gasteiger partial charge in [-0.25, -0.2) is 8.78 Å². The Kier molecular flexibility index (Phi) is 6.72. The average molecular weight is 456 g/mol. The van der Waals surface area contributed by atoms with Crippen molar-refractivity contribution in [3.8, 4) is 0 Å². The number of nitrogens with zero attached hydrogens (tertiary/aromatic N) is 2. The molecule has 1 fully saturated rings. The number of carbonyl (C=O) groups excluding carboxylic acids is 3. The number of ether oxygens (including phenoxy) is 1. The van der Waals surface area contributed by atoms with Gasteiger partial charge >= 0.3 is 5.97 Å². The monoisotopic (exact) mass is 456 g/mol. The summed E-state index contributed by atoms with van der Waals surface area (Å²) in [6, 6.07) is 10.6. The molecule has 2 aromatic carbocycles. The zero-order valence-corrected chi connectivity index (χ0v) is 18.4. The van der Waals surface area contributed by atoms with Crippen LogP contribution in [-0.4, -0.2) is 48.4 Å². The Morgan fingerprint density at radius 1 is 1.03 bits per heavy atom. The maximum Gasteiger partial charge on any atom is 0.309 e. The average Bonchev–Trinajstić information content (AvgIpc) is 2.83. The fourth-order valence-corrected chi connectivity index (χ4v) is 4.45. The van der Waals surface area contributed by atoms with Crippen molar-refractivity contribution in [2.75, 3.05) is 24.5 Å². The summed E-state index contributed by atoms with van der Waals surface area (Å²) in [5.74, 6) is -3.37. The zero-order valence-electron chi connectivity index (χ0n) is 18.4. The van der Waals surface area contributed by atoms with Crippen molar-refractivity contribution in [3.63, 3.8) is 0 Å². The first-order valence-corrected chi connectivity index (χ1v) is 11.2. The summed E-state index contributed by atoms with van der Waals surface area (Å²) < 4.78 is 32.5. The van der Waals surface area contributed by atoms with Crippen LogP contribution in [0.5, 0.6) is 0 Å². The standard InChI is InChI=1S/C25H26F2N2O4/c1-16(23(30)29-12-4-6-17-5-2-3-7-22(17)29)33-25(32)18-10-13-28(14-11-18)24(31)20-9-8-19(26)15-21(20)27/h2-3,5,7-9,15-16,18H,4,6,10-14H2,1H3/t16-/m1/s1. The lowest BCUT2D eigenvalue weighted by atomic mass is 9.96. The molecule has 0 bridgehead atoms.